The minimum absolute atomic E-state index is 0.0253. The molecule has 0 saturated carbocycles. The number of hydrogen-bond acceptors (Lipinski definition) is 5. The Morgan fingerprint density at radius 3 is 2.54 bits per heavy atom. The molecule has 1 atom stereocenters. The van der Waals surface area contributed by atoms with Gasteiger partial charge in [0, 0.05) is 27.9 Å². The van der Waals surface area contributed by atoms with Gasteiger partial charge in [-0.1, -0.05) is 15.9 Å². The van der Waals surface area contributed by atoms with E-state index in [1.165, 1.54) is 12.1 Å². The first-order chi connectivity index (χ1) is 12.5. The van der Waals surface area contributed by atoms with Gasteiger partial charge in [-0.25, -0.2) is 9.48 Å². The molecule has 6 nitrogen and oxygen atoms in total. The first-order valence-corrected chi connectivity index (χ1v) is 10.0. The Labute approximate surface area is 163 Å². The SMILES string of the molecule is O=[N+]([O-])c1ccc([C@@]2(O)CN(c3ccc(Br)cc3)C3=[N+]2CCCS3)cc1. The van der Waals surface area contributed by atoms with E-state index in [0.717, 1.165) is 34.0 Å². The summed E-state index contributed by atoms with van der Waals surface area (Å²) in [5, 5.41) is 23.5. The molecule has 2 aliphatic rings. The summed E-state index contributed by atoms with van der Waals surface area (Å²) in [6, 6.07) is 14.2. The number of anilines is 1. The zero-order valence-electron chi connectivity index (χ0n) is 13.8. The molecule has 0 bridgehead atoms. The van der Waals surface area contributed by atoms with Gasteiger partial charge < -0.3 is 5.11 Å². The van der Waals surface area contributed by atoms with Crippen molar-refractivity contribution in [3.05, 3.63) is 68.7 Å². The molecule has 0 radical (unpaired) electrons. The van der Waals surface area contributed by atoms with Crippen molar-refractivity contribution in [2.75, 3.05) is 23.7 Å². The number of benzene rings is 2. The van der Waals surface area contributed by atoms with Crippen molar-refractivity contribution in [2.45, 2.75) is 12.1 Å². The predicted molar refractivity (Wildman–Crippen MR) is 106 cm³/mol. The van der Waals surface area contributed by atoms with Crippen LogP contribution in [0.2, 0.25) is 0 Å². The Morgan fingerprint density at radius 1 is 1.19 bits per heavy atom. The fourth-order valence-electron chi connectivity index (χ4n) is 3.42. The van der Waals surface area contributed by atoms with Gasteiger partial charge in [0.05, 0.1) is 11.5 Å². The number of hydrogen-bond donors (Lipinski definition) is 1. The van der Waals surface area contributed by atoms with Crippen LogP contribution in [-0.2, 0) is 5.72 Å². The van der Waals surface area contributed by atoms with Crippen LogP contribution in [0.5, 0.6) is 0 Å². The molecule has 0 spiro atoms. The number of rotatable bonds is 3. The highest BCUT2D eigenvalue weighted by Gasteiger charge is 2.53. The predicted octanol–water partition coefficient (Wildman–Crippen LogP) is 3.53. The number of aliphatic hydroxyl groups is 1. The van der Waals surface area contributed by atoms with Gasteiger partial charge in [0.25, 0.3) is 11.4 Å². The molecule has 0 saturated heterocycles. The lowest BCUT2D eigenvalue weighted by Crippen LogP contribution is -2.41. The summed E-state index contributed by atoms with van der Waals surface area (Å²) in [4.78, 5) is 12.6. The number of β-amino-alcohol motifs (C(OH)–C–C–N with tert-alkyl or cyclic N) is 1. The molecule has 2 heterocycles. The number of nitro groups is 1. The summed E-state index contributed by atoms with van der Waals surface area (Å²) in [7, 11) is 0. The summed E-state index contributed by atoms with van der Waals surface area (Å²) in [6.45, 7) is 1.14. The summed E-state index contributed by atoms with van der Waals surface area (Å²) >= 11 is 5.19. The van der Waals surface area contributed by atoms with Crippen molar-refractivity contribution in [3.63, 3.8) is 0 Å². The Hall–Kier alpha value is -1.90. The van der Waals surface area contributed by atoms with Crippen LogP contribution in [0.1, 0.15) is 12.0 Å². The molecule has 4 rings (SSSR count). The highest BCUT2D eigenvalue weighted by molar-refractivity contribution is 9.10. The second-order valence-corrected chi connectivity index (χ2v) is 8.30. The second-order valence-electron chi connectivity index (χ2n) is 6.32. The molecule has 0 aliphatic carbocycles. The van der Waals surface area contributed by atoms with E-state index in [4.69, 9.17) is 0 Å². The Bertz CT molecular complexity index is 886. The van der Waals surface area contributed by atoms with Crippen LogP contribution < -0.4 is 4.90 Å². The molecular formula is C18H17BrN3O3S+. The topological polar surface area (TPSA) is 69.6 Å². The van der Waals surface area contributed by atoms with Gasteiger partial charge in [0.2, 0.25) is 0 Å². The molecule has 0 amide bonds. The largest absolute Gasteiger partial charge is 0.346 e. The third kappa shape index (κ3) is 2.91. The number of halogens is 1. The molecule has 0 aromatic heterocycles. The summed E-state index contributed by atoms with van der Waals surface area (Å²) < 4.78 is 3.02. The monoisotopic (exact) mass is 434 g/mol. The van der Waals surface area contributed by atoms with Crippen molar-refractivity contribution in [2.24, 2.45) is 0 Å². The molecule has 0 fully saturated rings. The minimum Gasteiger partial charge on any atom is -0.346 e. The molecule has 26 heavy (non-hydrogen) atoms. The van der Waals surface area contributed by atoms with Gasteiger partial charge in [-0.3, -0.25) is 10.1 Å². The number of thioether (sulfide) groups is 1. The van der Waals surface area contributed by atoms with Gasteiger partial charge >= 0.3 is 5.17 Å². The van der Waals surface area contributed by atoms with Crippen LogP contribution >= 0.6 is 27.7 Å². The van der Waals surface area contributed by atoms with Crippen LogP contribution in [0.15, 0.2) is 53.0 Å². The Balaban J connectivity index is 1.75. The lowest BCUT2D eigenvalue weighted by molar-refractivity contribution is -0.656. The van der Waals surface area contributed by atoms with E-state index >= 15 is 0 Å². The van der Waals surface area contributed by atoms with Crippen LogP contribution in [0.3, 0.4) is 0 Å². The lowest BCUT2D eigenvalue weighted by atomic mass is 10.0. The molecule has 2 aliphatic heterocycles. The highest BCUT2D eigenvalue weighted by Crippen LogP contribution is 2.38. The van der Waals surface area contributed by atoms with Crippen LogP contribution in [0.25, 0.3) is 0 Å². The van der Waals surface area contributed by atoms with E-state index in [9.17, 15) is 15.2 Å². The van der Waals surface area contributed by atoms with E-state index in [0.29, 0.717) is 12.1 Å². The normalized spacial score (nSPS) is 22.5. The van der Waals surface area contributed by atoms with Gasteiger partial charge in [-0.2, -0.15) is 0 Å². The average molecular weight is 435 g/mol. The quantitative estimate of drug-likeness (QED) is 0.454. The molecule has 2 aromatic rings. The van der Waals surface area contributed by atoms with E-state index in [1.54, 1.807) is 23.9 Å². The van der Waals surface area contributed by atoms with Crippen molar-refractivity contribution < 1.29 is 14.6 Å². The Kier molecular flexibility index (Phi) is 4.50. The van der Waals surface area contributed by atoms with Crippen LogP contribution in [0, 0.1) is 10.1 Å². The van der Waals surface area contributed by atoms with E-state index in [2.05, 4.69) is 20.8 Å². The number of non-ortho nitro benzene ring substituents is 1. The van der Waals surface area contributed by atoms with E-state index < -0.39 is 10.6 Å². The number of amidine groups is 1. The first kappa shape index (κ1) is 17.5. The molecule has 0 unspecified atom stereocenters. The van der Waals surface area contributed by atoms with Gasteiger partial charge in [-0.15, -0.1) is 0 Å². The zero-order chi connectivity index (χ0) is 18.3. The van der Waals surface area contributed by atoms with Crippen LogP contribution in [0.4, 0.5) is 11.4 Å². The maximum Gasteiger partial charge on any atom is 0.316 e. The average Bonchev–Trinajstić information content (AvgIpc) is 2.97. The fourth-order valence-corrected chi connectivity index (χ4v) is 4.86. The van der Waals surface area contributed by atoms with Gasteiger partial charge in [-0.05, 0) is 54.6 Å². The standard InChI is InChI=1S/C18H17BrN3O3S/c19-14-4-8-15(9-5-14)20-12-18(23,21-10-1-11-26-17(20)21)13-2-6-16(7-3-13)22(24)25/h2-9,23H,1,10-12H2/q+1/t18-/m0/s1. The van der Waals surface area contributed by atoms with E-state index in [-0.39, 0.29) is 5.69 Å². The van der Waals surface area contributed by atoms with Crippen molar-refractivity contribution >= 4 is 44.2 Å². The maximum absolute atomic E-state index is 11.5. The van der Waals surface area contributed by atoms with Gasteiger partial charge in [0.15, 0.2) is 6.54 Å². The minimum atomic E-state index is -1.20. The van der Waals surface area contributed by atoms with Crippen molar-refractivity contribution in [3.8, 4) is 0 Å². The first-order valence-electron chi connectivity index (χ1n) is 8.27. The van der Waals surface area contributed by atoms with E-state index in [1.807, 2.05) is 28.8 Å². The van der Waals surface area contributed by atoms with Crippen molar-refractivity contribution in [1.29, 1.82) is 0 Å². The number of nitrogens with zero attached hydrogens (tertiary/aromatic N) is 3. The fraction of sp³-hybridized carbons (Fsp3) is 0.278. The molecule has 134 valence electrons. The maximum atomic E-state index is 11.5. The zero-order valence-corrected chi connectivity index (χ0v) is 16.2. The summed E-state index contributed by atoms with van der Waals surface area (Å²) in [6.07, 6.45) is 0.984. The summed E-state index contributed by atoms with van der Waals surface area (Å²) in [5.41, 5.74) is 0.505. The molecule has 2 aromatic carbocycles. The lowest BCUT2D eigenvalue weighted by Gasteiger charge is -2.24. The third-order valence-corrected chi connectivity index (χ3v) is 6.44. The van der Waals surface area contributed by atoms with Crippen molar-refractivity contribution in [1.82, 2.24) is 0 Å². The smallest absolute Gasteiger partial charge is 0.316 e. The summed E-state index contributed by atoms with van der Waals surface area (Å²) in [5.74, 6) is 1.01. The Morgan fingerprint density at radius 2 is 1.88 bits per heavy atom. The molecule has 8 heteroatoms. The molecular weight excluding hydrogens is 418 g/mol. The second kappa shape index (κ2) is 6.68. The highest BCUT2D eigenvalue weighted by atomic mass is 79.9. The third-order valence-electron chi connectivity index (χ3n) is 4.72. The van der Waals surface area contributed by atoms with Gasteiger partial charge in [0.1, 0.15) is 5.69 Å². The molecule has 1 N–H and O–H groups in total. The van der Waals surface area contributed by atoms with Crippen LogP contribution in [-0.4, -0.2) is 38.6 Å². The number of nitro benzene ring substituents is 1.